The topological polar surface area (TPSA) is 41.6 Å². The van der Waals surface area contributed by atoms with Gasteiger partial charge < -0.3 is 9.64 Å². The number of carbonyl (C=O) groups excluding carboxylic acids is 1. The zero-order valence-corrected chi connectivity index (χ0v) is 7.26. The highest BCUT2D eigenvalue weighted by molar-refractivity contribution is 6.21. The second-order valence-corrected chi connectivity index (χ2v) is 2.83. The largest absolute Gasteiger partial charge is 0.370 e. The number of methoxy groups -OCH3 is 1. The van der Waals surface area contributed by atoms with Gasteiger partial charge in [-0.05, 0) is 0 Å². The van der Waals surface area contributed by atoms with Gasteiger partial charge in [0.25, 0.3) is 5.91 Å². The smallest absolute Gasteiger partial charge is 0.254 e. The molecule has 5 heteroatoms. The van der Waals surface area contributed by atoms with E-state index in [2.05, 4.69) is 5.32 Å². The highest BCUT2D eigenvalue weighted by atomic mass is 35.5. The van der Waals surface area contributed by atoms with Crippen LogP contribution in [-0.2, 0) is 9.53 Å². The Morgan fingerprint density at radius 1 is 1.82 bits per heavy atom. The molecular weight excluding hydrogens is 168 g/mol. The molecular formula is C6H11ClN2O2. The monoisotopic (exact) mass is 178 g/mol. The Labute approximate surface area is 70.4 Å². The van der Waals surface area contributed by atoms with Crippen LogP contribution in [0.1, 0.15) is 0 Å². The molecule has 0 bridgehead atoms. The summed E-state index contributed by atoms with van der Waals surface area (Å²) in [6.07, 6.45) is -0.394. The predicted molar refractivity (Wildman–Crippen MR) is 41.2 cm³/mol. The van der Waals surface area contributed by atoms with Crippen molar-refractivity contribution >= 4 is 17.5 Å². The van der Waals surface area contributed by atoms with E-state index < -0.39 is 11.7 Å². The number of ether oxygens (including phenoxy) is 1. The van der Waals surface area contributed by atoms with E-state index in [-0.39, 0.29) is 5.91 Å². The van der Waals surface area contributed by atoms with Gasteiger partial charge in [-0.1, -0.05) is 11.6 Å². The maximum atomic E-state index is 11.2. The van der Waals surface area contributed by atoms with Crippen molar-refractivity contribution in [3.05, 3.63) is 0 Å². The van der Waals surface area contributed by atoms with E-state index in [9.17, 15) is 4.79 Å². The average molecular weight is 179 g/mol. The van der Waals surface area contributed by atoms with Crippen LogP contribution in [0.15, 0.2) is 0 Å². The predicted octanol–water partition coefficient (Wildman–Crippen LogP) is -0.415. The Hall–Kier alpha value is -0.320. The first-order valence-corrected chi connectivity index (χ1v) is 3.77. The maximum absolute atomic E-state index is 11.2. The Morgan fingerprint density at radius 3 is 3.00 bits per heavy atom. The molecule has 1 N–H and O–H groups in total. The molecule has 0 saturated carbocycles. The van der Waals surface area contributed by atoms with Crippen LogP contribution in [0.3, 0.4) is 0 Å². The molecule has 4 nitrogen and oxygen atoms in total. The third-order valence-electron chi connectivity index (χ3n) is 1.72. The van der Waals surface area contributed by atoms with Crippen LogP contribution in [0.5, 0.6) is 0 Å². The van der Waals surface area contributed by atoms with Gasteiger partial charge in [0, 0.05) is 20.7 Å². The van der Waals surface area contributed by atoms with Crippen LogP contribution >= 0.6 is 11.6 Å². The highest BCUT2D eigenvalue weighted by Gasteiger charge is 2.30. The minimum Gasteiger partial charge on any atom is -0.370 e. The number of amides is 1. The van der Waals surface area contributed by atoms with Gasteiger partial charge in [0.1, 0.15) is 6.10 Å². The third-order valence-corrected chi connectivity index (χ3v) is 2.17. The number of rotatable bonds is 1. The van der Waals surface area contributed by atoms with Gasteiger partial charge in [-0.15, -0.1) is 0 Å². The van der Waals surface area contributed by atoms with Crippen LogP contribution < -0.4 is 5.32 Å². The summed E-state index contributed by atoms with van der Waals surface area (Å²) in [7, 11) is 3.14. The SMILES string of the molecule is CO[C@@H]1CN[C@@H](Cl)N(C)C1=O. The lowest BCUT2D eigenvalue weighted by Crippen LogP contribution is -2.57. The molecule has 1 amide bonds. The van der Waals surface area contributed by atoms with Crippen LogP contribution in [0.2, 0.25) is 0 Å². The Kier molecular flexibility index (Phi) is 2.70. The molecule has 1 saturated heterocycles. The van der Waals surface area contributed by atoms with E-state index in [1.807, 2.05) is 0 Å². The molecule has 1 aliphatic heterocycles. The van der Waals surface area contributed by atoms with E-state index in [1.165, 1.54) is 12.0 Å². The van der Waals surface area contributed by atoms with E-state index in [0.717, 1.165) is 0 Å². The number of alkyl halides is 1. The molecule has 2 atom stereocenters. The zero-order chi connectivity index (χ0) is 8.43. The van der Waals surface area contributed by atoms with Crippen molar-refractivity contribution in [3.63, 3.8) is 0 Å². The van der Waals surface area contributed by atoms with Gasteiger partial charge in [-0.25, -0.2) is 0 Å². The summed E-state index contributed by atoms with van der Waals surface area (Å²) in [5.41, 5.74) is -0.408. The number of halogens is 1. The zero-order valence-electron chi connectivity index (χ0n) is 6.50. The molecule has 0 aromatic rings. The molecule has 64 valence electrons. The van der Waals surface area contributed by atoms with Gasteiger partial charge in [-0.3, -0.25) is 10.1 Å². The van der Waals surface area contributed by atoms with Crippen LogP contribution in [0, 0.1) is 0 Å². The van der Waals surface area contributed by atoms with E-state index in [4.69, 9.17) is 16.3 Å². The Morgan fingerprint density at radius 2 is 2.45 bits per heavy atom. The molecule has 0 aromatic carbocycles. The summed E-state index contributed by atoms with van der Waals surface area (Å²) in [6.45, 7) is 0.480. The summed E-state index contributed by atoms with van der Waals surface area (Å²) in [5.74, 6) is -0.0775. The first-order valence-electron chi connectivity index (χ1n) is 3.33. The Bertz CT molecular complexity index is 161. The van der Waals surface area contributed by atoms with Crippen molar-refractivity contribution in [1.29, 1.82) is 0 Å². The van der Waals surface area contributed by atoms with E-state index in [0.29, 0.717) is 6.54 Å². The standard InChI is InChI=1S/C6H11ClN2O2/c1-9-5(10)4(11-2)3-8-6(9)7/h4,6,8H,3H2,1-2H3/t4-,6-/m1/s1. The summed E-state index contributed by atoms with van der Waals surface area (Å²) in [5, 5.41) is 2.91. The average Bonchev–Trinajstić information content (AvgIpc) is 2.01. The lowest BCUT2D eigenvalue weighted by Gasteiger charge is -2.33. The fourth-order valence-electron chi connectivity index (χ4n) is 0.952. The lowest BCUT2D eigenvalue weighted by atomic mass is 10.3. The minimum absolute atomic E-state index is 0.0775. The van der Waals surface area contributed by atoms with Crippen molar-refractivity contribution in [2.45, 2.75) is 11.7 Å². The van der Waals surface area contributed by atoms with E-state index >= 15 is 0 Å². The molecule has 0 aliphatic carbocycles. The first-order chi connectivity index (χ1) is 5.16. The minimum atomic E-state index is -0.408. The number of carbonyl (C=O) groups is 1. The molecule has 11 heavy (non-hydrogen) atoms. The number of nitrogens with zero attached hydrogens (tertiary/aromatic N) is 1. The number of hydrogen-bond acceptors (Lipinski definition) is 3. The van der Waals surface area contributed by atoms with Crippen LogP contribution in [0.4, 0.5) is 0 Å². The molecule has 0 unspecified atom stereocenters. The van der Waals surface area contributed by atoms with Crippen molar-refractivity contribution in [2.75, 3.05) is 20.7 Å². The molecule has 1 aliphatic rings. The molecule has 0 spiro atoms. The second kappa shape index (κ2) is 3.38. The summed E-state index contributed by atoms with van der Waals surface area (Å²) in [4.78, 5) is 12.7. The fourth-order valence-corrected chi connectivity index (χ4v) is 1.14. The summed E-state index contributed by atoms with van der Waals surface area (Å²) in [6, 6.07) is 0. The summed E-state index contributed by atoms with van der Waals surface area (Å²) < 4.78 is 4.91. The van der Waals surface area contributed by atoms with Gasteiger partial charge in [0.15, 0.2) is 5.62 Å². The number of hydrogen-bond donors (Lipinski definition) is 1. The lowest BCUT2D eigenvalue weighted by molar-refractivity contribution is -0.145. The van der Waals surface area contributed by atoms with Crippen molar-refractivity contribution in [3.8, 4) is 0 Å². The van der Waals surface area contributed by atoms with Gasteiger partial charge in [0.05, 0.1) is 0 Å². The maximum Gasteiger partial charge on any atom is 0.254 e. The quantitative estimate of drug-likeness (QED) is 0.438. The number of likely N-dealkylation sites (N-methyl/N-ethyl adjacent to an activating group) is 1. The van der Waals surface area contributed by atoms with E-state index in [1.54, 1.807) is 7.05 Å². The molecule has 0 radical (unpaired) electrons. The fraction of sp³-hybridized carbons (Fsp3) is 0.833. The molecule has 1 fully saturated rings. The summed E-state index contributed by atoms with van der Waals surface area (Å²) >= 11 is 5.72. The van der Waals surface area contributed by atoms with Crippen molar-refractivity contribution in [1.82, 2.24) is 10.2 Å². The van der Waals surface area contributed by atoms with Gasteiger partial charge in [0.2, 0.25) is 0 Å². The van der Waals surface area contributed by atoms with Crippen molar-refractivity contribution in [2.24, 2.45) is 0 Å². The van der Waals surface area contributed by atoms with Gasteiger partial charge >= 0.3 is 0 Å². The Balaban J connectivity index is 2.59. The number of nitrogens with one attached hydrogen (secondary N) is 1. The molecule has 0 aromatic heterocycles. The molecule has 1 rings (SSSR count). The first kappa shape index (κ1) is 8.77. The molecule has 1 heterocycles. The van der Waals surface area contributed by atoms with Gasteiger partial charge in [-0.2, -0.15) is 0 Å². The van der Waals surface area contributed by atoms with Crippen LogP contribution in [0.25, 0.3) is 0 Å². The van der Waals surface area contributed by atoms with Crippen LogP contribution in [-0.4, -0.2) is 43.2 Å². The third kappa shape index (κ3) is 1.64. The normalized spacial score (nSPS) is 32.6. The van der Waals surface area contributed by atoms with Crippen molar-refractivity contribution < 1.29 is 9.53 Å². The second-order valence-electron chi connectivity index (χ2n) is 2.42. The highest BCUT2D eigenvalue weighted by Crippen LogP contribution is 2.08.